The van der Waals surface area contributed by atoms with Crippen molar-refractivity contribution in [3.05, 3.63) is 96.9 Å². The van der Waals surface area contributed by atoms with Crippen LogP contribution in [0.4, 0.5) is 0 Å². The smallest absolute Gasteiger partial charge is 0.222 e. The van der Waals surface area contributed by atoms with Crippen LogP contribution in [0.2, 0.25) is 0 Å². The van der Waals surface area contributed by atoms with Crippen molar-refractivity contribution in [1.29, 1.82) is 0 Å². The number of ketones is 3. The minimum atomic E-state index is 0. The number of carbonyl (C=O) groups is 4. The Morgan fingerprint density at radius 2 is 1.36 bits per heavy atom. The molecule has 11 heteroatoms. The Balaban J connectivity index is -0.000000155. The molecule has 1 aliphatic carbocycles. The number of likely N-dealkylation sites (N-methyl/N-ethyl adjacent to an activating group) is 2. The lowest BCUT2D eigenvalue weighted by Crippen LogP contribution is -2.32. The van der Waals surface area contributed by atoms with E-state index in [2.05, 4.69) is 64.4 Å². The minimum absolute atomic E-state index is 0. The maximum atomic E-state index is 11.6. The predicted molar refractivity (Wildman–Crippen MR) is 243 cm³/mol. The van der Waals surface area contributed by atoms with Crippen LogP contribution in [0.3, 0.4) is 0 Å². The molecule has 3 atom stereocenters. The van der Waals surface area contributed by atoms with E-state index in [1.165, 1.54) is 16.7 Å². The standard InChI is InChI=1S/C14H16O.C11H24N4O.C9H18N2O.C6H12O.C5H5N.4H2/c1-10(11(2)15)9-13-8-7-12-5-3-4-6-14(12)13;1-10(12)14-7-5-4-6-11(16)15(3)9-8-13-2;1-7(8(2)12)5-4-6-11-9(3)10;1-4-5(2)6(3)7;1-2-4-6-5-3-1;;;;/h3-6,8,10H,7,9H2,1-2H3;13-14H,1,4-9,12H2,2-3H3;7,11H,3-6,10H2,1-2H3;5H,4H2,1-3H3;1-5H;4*1H/i;;;;;4*1+1. The van der Waals surface area contributed by atoms with Crippen LogP contribution < -0.4 is 27.4 Å². The summed E-state index contributed by atoms with van der Waals surface area (Å²) in [7, 11) is 3.71. The van der Waals surface area contributed by atoms with E-state index < -0.39 is 0 Å². The number of nitrogens with one attached hydrogen (secondary N) is 3. The highest BCUT2D eigenvalue weighted by Gasteiger charge is 2.17. The molecule has 1 aliphatic rings. The highest BCUT2D eigenvalue weighted by Crippen LogP contribution is 2.31. The number of hydrogen-bond acceptors (Lipinski definition) is 10. The van der Waals surface area contributed by atoms with Crippen molar-refractivity contribution < 1.29 is 24.9 Å². The lowest BCUT2D eigenvalue weighted by atomic mass is 9.94. The SMILES string of the molecule is C=C(N)NCCCC(C)C(C)=O.C=C(N)NCCCCC(=O)N(C)CCNC.CC(=O)C(C)CC1=CCc2ccccc21.CCC(C)C(C)=O.[2HH].[2HH].[2HH].[2HH].c1ccncc1. The Bertz CT molecular complexity index is 1440. The van der Waals surface area contributed by atoms with Crippen molar-refractivity contribution in [2.75, 3.05) is 40.3 Å². The van der Waals surface area contributed by atoms with E-state index in [4.69, 9.17) is 11.5 Å². The topological polar surface area (TPSA) is 173 Å². The summed E-state index contributed by atoms with van der Waals surface area (Å²) in [6.45, 7) is 23.1. The summed E-state index contributed by atoms with van der Waals surface area (Å²) >= 11 is 0. The number of unbranched alkanes of at least 4 members (excludes halogenated alkanes) is 1. The van der Waals surface area contributed by atoms with Gasteiger partial charge in [-0.05, 0) is 102 Å². The van der Waals surface area contributed by atoms with Crippen LogP contribution in [0.15, 0.2) is 85.7 Å². The fraction of sp³-hybridized carbons (Fsp3) is 0.533. The Hall–Kier alpha value is -4.77. The van der Waals surface area contributed by atoms with E-state index in [1.807, 2.05) is 60.0 Å². The minimum Gasteiger partial charge on any atom is -0.386 e. The van der Waals surface area contributed by atoms with Gasteiger partial charge in [0.15, 0.2) is 0 Å². The first-order valence-corrected chi connectivity index (χ1v) is 19.9. The number of Topliss-reactive ketones (excluding diaryl/α,β-unsaturated/α-hetero) is 3. The Morgan fingerprint density at radius 3 is 1.80 bits per heavy atom. The zero-order valence-corrected chi connectivity index (χ0v) is 36.1. The van der Waals surface area contributed by atoms with Crippen LogP contribution >= 0.6 is 0 Å². The molecule has 322 valence electrons. The summed E-state index contributed by atoms with van der Waals surface area (Å²) in [6.07, 6.45) is 12.9. The van der Waals surface area contributed by atoms with Gasteiger partial charge in [-0.1, -0.05) is 77.3 Å². The number of allylic oxidation sites excluding steroid dienone is 2. The summed E-state index contributed by atoms with van der Waals surface area (Å²) < 4.78 is 0. The van der Waals surface area contributed by atoms with Crippen LogP contribution in [-0.2, 0) is 25.6 Å². The normalized spacial score (nSPS) is 12.2. The lowest BCUT2D eigenvalue weighted by Gasteiger charge is -2.16. The summed E-state index contributed by atoms with van der Waals surface area (Å²) in [4.78, 5) is 49.5. The van der Waals surface area contributed by atoms with Crippen molar-refractivity contribution in [3.63, 3.8) is 0 Å². The Kier molecular flexibility index (Phi) is 32.0. The van der Waals surface area contributed by atoms with Gasteiger partial charge in [0.1, 0.15) is 17.3 Å². The van der Waals surface area contributed by atoms with E-state index in [9.17, 15) is 19.2 Å². The lowest BCUT2D eigenvalue weighted by molar-refractivity contribution is -0.130. The maximum Gasteiger partial charge on any atom is 0.222 e. The monoisotopic (exact) mass is 790 g/mol. The van der Waals surface area contributed by atoms with E-state index >= 15 is 0 Å². The molecule has 3 unspecified atom stereocenters. The molecule has 3 rings (SSSR count). The van der Waals surface area contributed by atoms with Gasteiger partial charge >= 0.3 is 0 Å². The first-order valence-electron chi connectivity index (χ1n) is 19.9. The number of carbonyl (C=O) groups excluding carboxylic acids is 4. The number of benzene rings is 1. The number of nitrogens with zero attached hydrogens (tertiary/aromatic N) is 2. The average molecular weight is 790 g/mol. The van der Waals surface area contributed by atoms with Gasteiger partial charge < -0.3 is 32.3 Å². The van der Waals surface area contributed by atoms with Gasteiger partial charge in [0, 0.05) is 75.5 Å². The summed E-state index contributed by atoms with van der Waals surface area (Å²) in [5, 5.41) is 8.86. The molecule has 11 nitrogen and oxygen atoms in total. The molecule has 1 aromatic heterocycles. The zero-order chi connectivity index (χ0) is 42.9. The van der Waals surface area contributed by atoms with E-state index in [0.29, 0.717) is 23.8 Å². The van der Waals surface area contributed by atoms with Crippen molar-refractivity contribution in [1.82, 2.24) is 25.8 Å². The molecule has 1 aromatic carbocycles. The second-order valence-electron chi connectivity index (χ2n) is 14.2. The molecule has 7 N–H and O–H groups in total. The molecule has 0 bridgehead atoms. The molecule has 0 aliphatic heterocycles. The summed E-state index contributed by atoms with van der Waals surface area (Å²) in [6, 6.07) is 14.2. The molecule has 0 fully saturated rings. The van der Waals surface area contributed by atoms with Gasteiger partial charge in [-0.25, -0.2) is 0 Å². The largest absolute Gasteiger partial charge is 0.386 e. The number of amides is 1. The molecule has 2 aromatic rings. The number of pyridine rings is 1. The summed E-state index contributed by atoms with van der Waals surface area (Å²) in [5.74, 6) is 2.56. The molecule has 1 amide bonds. The highest BCUT2D eigenvalue weighted by molar-refractivity contribution is 5.82. The third-order valence-electron chi connectivity index (χ3n) is 9.18. The first-order chi connectivity index (χ1) is 26.5. The van der Waals surface area contributed by atoms with E-state index in [0.717, 1.165) is 71.1 Å². The van der Waals surface area contributed by atoms with Gasteiger partial charge in [0.25, 0.3) is 0 Å². The fourth-order valence-corrected chi connectivity index (χ4v) is 4.73. The van der Waals surface area contributed by atoms with Crippen LogP contribution in [-0.4, -0.2) is 73.4 Å². The second kappa shape index (κ2) is 33.6. The van der Waals surface area contributed by atoms with Crippen molar-refractivity contribution in [2.24, 2.45) is 29.2 Å². The number of nitrogens with two attached hydrogens (primary N) is 2. The molecule has 0 saturated heterocycles. The predicted octanol–water partition coefficient (Wildman–Crippen LogP) is 7.79. The number of aromatic nitrogens is 1. The third-order valence-corrected chi connectivity index (χ3v) is 9.18. The Morgan fingerprint density at radius 1 is 0.804 bits per heavy atom. The molecule has 0 radical (unpaired) electrons. The first kappa shape index (κ1) is 53.3. The number of hydrogen-bond donors (Lipinski definition) is 5. The maximum absolute atomic E-state index is 11.6. The average Bonchev–Trinajstić information content (AvgIpc) is 3.58. The van der Waals surface area contributed by atoms with Gasteiger partial charge in [-0.2, -0.15) is 0 Å². The fourth-order valence-electron chi connectivity index (χ4n) is 4.73. The van der Waals surface area contributed by atoms with Crippen molar-refractivity contribution in [3.8, 4) is 0 Å². The van der Waals surface area contributed by atoms with Crippen LogP contribution in [0.25, 0.3) is 5.57 Å². The summed E-state index contributed by atoms with van der Waals surface area (Å²) in [5.41, 5.74) is 14.7. The zero-order valence-electron chi connectivity index (χ0n) is 36.1. The van der Waals surface area contributed by atoms with Gasteiger partial charge in [0.2, 0.25) is 5.91 Å². The van der Waals surface area contributed by atoms with Gasteiger partial charge in [-0.15, -0.1) is 0 Å². The van der Waals surface area contributed by atoms with Gasteiger partial charge in [-0.3, -0.25) is 24.2 Å². The number of fused-ring (bicyclic) bond motifs is 1. The van der Waals surface area contributed by atoms with Crippen LogP contribution in [0.5, 0.6) is 0 Å². The third kappa shape index (κ3) is 29.6. The molecule has 1 heterocycles. The van der Waals surface area contributed by atoms with E-state index in [1.54, 1.807) is 38.1 Å². The molecular weight excluding hydrogens is 703 g/mol. The molecule has 0 spiro atoms. The number of rotatable bonds is 20. The van der Waals surface area contributed by atoms with E-state index in [-0.39, 0.29) is 40.9 Å². The second-order valence-corrected chi connectivity index (χ2v) is 14.2. The molecule has 0 saturated carbocycles. The van der Waals surface area contributed by atoms with Crippen LogP contribution in [0.1, 0.15) is 110 Å². The van der Waals surface area contributed by atoms with Crippen molar-refractivity contribution >= 4 is 28.8 Å². The van der Waals surface area contributed by atoms with Gasteiger partial charge in [0.05, 0.1) is 11.6 Å². The molecular formula is C45H83N7O4. The highest BCUT2D eigenvalue weighted by atomic mass is 16.2. The van der Waals surface area contributed by atoms with Crippen LogP contribution in [0, 0.1) is 17.8 Å². The van der Waals surface area contributed by atoms with Crippen molar-refractivity contribution in [2.45, 2.75) is 99.8 Å². The quantitative estimate of drug-likeness (QED) is 0.0834. The Labute approximate surface area is 345 Å². The molecule has 56 heavy (non-hydrogen) atoms.